The number of Topliss-reactive ketones (excluding diaryl/α,β-unsaturated/α-hetero) is 1. The van der Waals surface area contributed by atoms with E-state index in [9.17, 15) is 9.59 Å². The Morgan fingerprint density at radius 3 is 2.37 bits per heavy atom. The monoisotopic (exact) mass is 263 g/mol. The number of carbonyl (C=O) groups excluding carboxylic acids is 2. The van der Waals surface area contributed by atoms with Crippen LogP contribution in [0.2, 0.25) is 0 Å². The molecular formula is C15H21NO3. The molecule has 0 atom stereocenters. The van der Waals surface area contributed by atoms with Crippen LogP contribution in [0, 0.1) is 0 Å². The Kier molecular flexibility index (Phi) is 4.70. The highest BCUT2D eigenvalue weighted by atomic mass is 16.5. The lowest BCUT2D eigenvalue weighted by molar-refractivity contribution is -0.118. The van der Waals surface area contributed by atoms with Gasteiger partial charge in [-0.3, -0.25) is 9.59 Å². The van der Waals surface area contributed by atoms with E-state index < -0.39 is 0 Å². The summed E-state index contributed by atoms with van der Waals surface area (Å²) in [5.74, 6) is 0.449. The molecule has 19 heavy (non-hydrogen) atoms. The van der Waals surface area contributed by atoms with Crippen molar-refractivity contribution in [1.29, 1.82) is 0 Å². The van der Waals surface area contributed by atoms with E-state index in [1.165, 1.54) is 6.92 Å². The molecule has 1 rings (SSSR count). The van der Waals surface area contributed by atoms with Crippen LogP contribution in [-0.2, 0) is 10.2 Å². The first kappa shape index (κ1) is 15.2. The van der Waals surface area contributed by atoms with E-state index in [4.69, 9.17) is 4.74 Å². The van der Waals surface area contributed by atoms with Crippen molar-refractivity contribution in [2.75, 3.05) is 13.7 Å². The van der Waals surface area contributed by atoms with E-state index in [0.717, 1.165) is 11.3 Å². The van der Waals surface area contributed by atoms with Gasteiger partial charge in [-0.2, -0.15) is 0 Å². The molecule has 0 saturated heterocycles. The summed E-state index contributed by atoms with van der Waals surface area (Å²) in [6, 6.07) is 5.35. The fraction of sp³-hybridized carbons (Fsp3) is 0.467. The Morgan fingerprint density at radius 1 is 1.26 bits per heavy atom. The molecule has 0 spiro atoms. The first-order chi connectivity index (χ1) is 8.75. The van der Waals surface area contributed by atoms with Crippen LogP contribution in [0.5, 0.6) is 5.75 Å². The second kappa shape index (κ2) is 5.87. The number of benzene rings is 1. The van der Waals surface area contributed by atoms with Crippen LogP contribution in [0.4, 0.5) is 0 Å². The number of hydrogen-bond donors (Lipinski definition) is 1. The normalized spacial score (nSPS) is 11.0. The van der Waals surface area contributed by atoms with Gasteiger partial charge in [-0.05, 0) is 23.6 Å². The van der Waals surface area contributed by atoms with Gasteiger partial charge in [-0.15, -0.1) is 0 Å². The van der Waals surface area contributed by atoms with Crippen LogP contribution in [0.15, 0.2) is 18.2 Å². The maximum atomic E-state index is 12.0. The second-order valence-electron chi connectivity index (χ2n) is 5.50. The molecule has 4 heteroatoms. The van der Waals surface area contributed by atoms with Crippen molar-refractivity contribution >= 4 is 11.7 Å². The van der Waals surface area contributed by atoms with Gasteiger partial charge in [-0.25, -0.2) is 0 Å². The molecule has 0 aromatic heterocycles. The van der Waals surface area contributed by atoms with Crippen molar-refractivity contribution < 1.29 is 14.3 Å². The second-order valence-corrected chi connectivity index (χ2v) is 5.50. The Morgan fingerprint density at radius 2 is 1.89 bits per heavy atom. The van der Waals surface area contributed by atoms with Crippen LogP contribution >= 0.6 is 0 Å². The lowest BCUT2D eigenvalue weighted by Crippen LogP contribution is -2.27. The minimum absolute atomic E-state index is 0.0191. The van der Waals surface area contributed by atoms with Crippen LogP contribution in [0.3, 0.4) is 0 Å². The summed E-state index contributed by atoms with van der Waals surface area (Å²) in [6.07, 6.45) is 0. The van der Waals surface area contributed by atoms with Gasteiger partial charge in [0.1, 0.15) is 5.75 Å². The minimum atomic E-state index is -0.210. The molecule has 0 unspecified atom stereocenters. The average Bonchev–Trinajstić information content (AvgIpc) is 2.34. The molecular weight excluding hydrogens is 242 g/mol. The summed E-state index contributed by atoms with van der Waals surface area (Å²) in [4.78, 5) is 22.8. The molecule has 0 aliphatic rings. The van der Waals surface area contributed by atoms with Crippen molar-refractivity contribution in [1.82, 2.24) is 5.32 Å². The molecule has 4 nitrogen and oxygen atoms in total. The first-order valence-electron chi connectivity index (χ1n) is 6.22. The molecule has 0 aliphatic carbocycles. The Bertz CT molecular complexity index is 487. The number of amides is 1. The number of hydrogen-bond acceptors (Lipinski definition) is 3. The lowest BCUT2D eigenvalue weighted by atomic mass is 9.85. The minimum Gasteiger partial charge on any atom is -0.496 e. The third-order valence-corrected chi connectivity index (χ3v) is 2.83. The van der Waals surface area contributed by atoms with Crippen molar-refractivity contribution in [3.63, 3.8) is 0 Å². The highest BCUT2D eigenvalue weighted by Gasteiger charge is 2.20. The Labute approximate surface area is 114 Å². The van der Waals surface area contributed by atoms with E-state index in [-0.39, 0.29) is 23.7 Å². The third-order valence-electron chi connectivity index (χ3n) is 2.83. The third kappa shape index (κ3) is 4.09. The fourth-order valence-electron chi connectivity index (χ4n) is 1.77. The Balaban J connectivity index is 3.05. The average molecular weight is 263 g/mol. The van der Waals surface area contributed by atoms with Gasteiger partial charge < -0.3 is 10.1 Å². The number of ether oxygens (including phenoxy) is 1. The van der Waals surface area contributed by atoms with Crippen LogP contribution in [0.25, 0.3) is 0 Å². The fourth-order valence-corrected chi connectivity index (χ4v) is 1.77. The van der Waals surface area contributed by atoms with Gasteiger partial charge in [0.25, 0.3) is 0 Å². The molecule has 0 heterocycles. The van der Waals surface area contributed by atoms with Crippen molar-refractivity contribution in [3.05, 3.63) is 29.3 Å². The van der Waals surface area contributed by atoms with E-state index in [1.54, 1.807) is 19.2 Å². The van der Waals surface area contributed by atoms with Crippen molar-refractivity contribution in [2.24, 2.45) is 0 Å². The molecule has 0 bridgehead atoms. The van der Waals surface area contributed by atoms with E-state index >= 15 is 0 Å². The standard InChI is InChI=1S/C15H21NO3/c1-10(17)16-9-13(18)11-6-7-14(19-5)12(8-11)15(2,3)4/h6-8H,9H2,1-5H3,(H,16,17). The largest absolute Gasteiger partial charge is 0.496 e. The predicted octanol–water partition coefficient (Wildman–Crippen LogP) is 2.31. The zero-order chi connectivity index (χ0) is 14.6. The van der Waals surface area contributed by atoms with Crippen molar-refractivity contribution in [2.45, 2.75) is 33.1 Å². The number of nitrogens with one attached hydrogen (secondary N) is 1. The smallest absolute Gasteiger partial charge is 0.217 e. The molecule has 104 valence electrons. The van der Waals surface area contributed by atoms with E-state index in [0.29, 0.717) is 5.56 Å². The number of methoxy groups -OCH3 is 1. The summed E-state index contributed by atoms with van der Waals surface area (Å²) < 4.78 is 5.32. The first-order valence-corrected chi connectivity index (χ1v) is 6.22. The summed E-state index contributed by atoms with van der Waals surface area (Å²) in [5.41, 5.74) is 1.44. The quantitative estimate of drug-likeness (QED) is 0.848. The maximum Gasteiger partial charge on any atom is 0.217 e. The van der Waals surface area contributed by atoms with Crippen molar-refractivity contribution in [3.8, 4) is 5.75 Å². The number of ketones is 1. The van der Waals surface area contributed by atoms with Gasteiger partial charge >= 0.3 is 0 Å². The van der Waals surface area contributed by atoms with Crippen LogP contribution in [-0.4, -0.2) is 25.3 Å². The number of carbonyl (C=O) groups is 2. The van der Waals surface area contributed by atoms with Gasteiger partial charge in [0.2, 0.25) is 5.91 Å². The molecule has 1 aromatic rings. The van der Waals surface area contributed by atoms with E-state index in [1.807, 2.05) is 6.07 Å². The zero-order valence-electron chi connectivity index (χ0n) is 12.2. The topological polar surface area (TPSA) is 55.4 Å². The van der Waals surface area contributed by atoms with Gasteiger partial charge in [0.05, 0.1) is 13.7 Å². The summed E-state index contributed by atoms with van der Waals surface area (Å²) in [6.45, 7) is 7.60. The highest BCUT2D eigenvalue weighted by molar-refractivity contribution is 5.99. The van der Waals surface area contributed by atoms with Crippen LogP contribution < -0.4 is 10.1 Å². The molecule has 1 N–H and O–H groups in total. The Hall–Kier alpha value is -1.84. The summed E-state index contributed by atoms with van der Waals surface area (Å²) >= 11 is 0. The zero-order valence-corrected chi connectivity index (χ0v) is 12.2. The molecule has 0 saturated carbocycles. The molecule has 1 amide bonds. The van der Waals surface area contributed by atoms with Gasteiger partial charge in [-0.1, -0.05) is 20.8 Å². The molecule has 0 aliphatic heterocycles. The van der Waals surface area contributed by atoms with E-state index in [2.05, 4.69) is 26.1 Å². The molecule has 0 fully saturated rings. The SMILES string of the molecule is COc1ccc(C(=O)CNC(C)=O)cc1C(C)(C)C. The van der Waals surface area contributed by atoms with Gasteiger partial charge in [0, 0.05) is 18.1 Å². The highest BCUT2D eigenvalue weighted by Crippen LogP contribution is 2.32. The summed E-state index contributed by atoms with van der Waals surface area (Å²) in [5, 5.41) is 2.51. The molecule has 1 aromatic carbocycles. The number of rotatable bonds is 4. The summed E-state index contributed by atoms with van der Waals surface area (Å²) in [7, 11) is 1.61. The van der Waals surface area contributed by atoms with Gasteiger partial charge in [0.15, 0.2) is 5.78 Å². The lowest BCUT2D eigenvalue weighted by Gasteiger charge is -2.22. The maximum absolute atomic E-state index is 12.0. The predicted molar refractivity (Wildman–Crippen MR) is 74.7 cm³/mol. The molecule has 0 radical (unpaired) electrons. The van der Waals surface area contributed by atoms with Crippen LogP contribution in [0.1, 0.15) is 43.6 Å².